The number of carbonyl (C=O) groups excluding carboxylic acids is 2. The van der Waals surface area contributed by atoms with Gasteiger partial charge in [-0.3, -0.25) is 9.59 Å². The Morgan fingerprint density at radius 1 is 0.697 bits per heavy atom. The second-order valence-corrected chi connectivity index (χ2v) is 7.40. The molecule has 0 saturated carbocycles. The minimum atomic E-state index is -3.02. The van der Waals surface area contributed by atoms with Crippen LogP contribution in [0.4, 0.5) is 8.78 Å². The van der Waals surface area contributed by atoms with Crippen molar-refractivity contribution in [3.05, 3.63) is 90.0 Å². The molecule has 0 atom stereocenters. The van der Waals surface area contributed by atoms with Crippen molar-refractivity contribution in [3.63, 3.8) is 0 Å². The van der Waals surface area contributed by atoms with E-state index >= 15 is 0 Å². The van der Waals surface area contributed by atoms with Crippen molar-refractivity contribution in [2.24, 2.45) is 0 Å². The Hall–Kier alpha value is -3.94. The first-order valence-corrected chi connectivity index (χ1v) is 10.5. The number of rotatable bonds is 6. The van der Waals surface area contributed by atoms with Gasteiger partial charge in [0, 0.05) is 31.7 Å². The number of piperazine rings is 1. The molecule has 33 heavy (non-hydrogen) atoms. The van der Waals surface area contributed by atoms with Crippen LogP contribution in [-0.4, -0.2) is 54.4 Å². The largest absolute Gasteiger partial charge is 0.457 e. The van der Waals surface area contributed by atoms with Crippen molar-refractivity contribution in [1.82, 2.24) is 9.80 Å². The second-order valence-electron chi connectivity index (χ2n) is 7.40. The van der Waals surface area contributed by atoms with Gasteiger partial charge in [-0.05, 0) is 48.5 Å². The molecule has 0 spiro atoms. The molecule has 1 heterocycles. The fraction of sp³-hybridized carbons (Fsp3) is 0.200. The Balaban J connectivity index is 1.35. The van der Waals surface area contributed by atoms with Crippen molar-refractivity contribution in [2.45, 2.75) is 6.61 Å². The minimum Gasteiger partial charge on any atom is -0.457 e. The number of hydrogen-bond acceptors (Lipinski definition) is 4. The molecular formula is C25H22F2N2O4. The number of para-hydroxylation sites is 2. The number of carbonyl (C=O) groups is 2. The Morgan fingerprint density at radius 2 is 1.24 bits per heavy atom. The summed E-state index contributed by atoms with van der Waals surface area (Å²) in [6.45, 7) is -1.75. The van der Waals surface area contributed by atoms with Gasteiger partial charge in [0.25, 0.3) is 11.8 Å². The van der Waals surface area contributed by atoms with Gasteiger partial charge in [-0.2, -0.15) is 8.78 Å². The van der Waals surface area contributed by atoms with Gasteiger partial charge in [-0.25, -0.2) is 0 Å². The Bertz CT molecular complexity index is 1100. The third-order valence-corrected chi connectivity index (χ3v) is 5.27. The third-order valence-electron chi connectivity index (χ3n) is 5.27. The Kier molecular flexibility index (Phi) is 6.83. The van der Waals surface area contributed by atoms with E-state index in [4.69, 9.17) is 4.74 Å². The van der Waals surface area contributed by atoms with E-state index in [1.165, 1.54) is 23.1 Å². The first kappa shape index (κ1) is 22.3. The summed E-state index contributed by atoms with van der Waals surface area (Å²) < 4.78 is 35.5. The lowest BCUT2D eigenvalue weighted by atomic mass is 10.1. The maximum atomic E-state index is 12.9. The quantitative estimate of drug-likeness (QED) is 0.545. The van der Waals surface area contributed by atoms with Crippen LogP contribution in [0.5, 0.6) is 17.2 Å². The number of alkyl halides is 2. The normalized spacial score (nSPS) is 13.7. The molecule has 0 aliphatic carbocycles. The summed E-state index contributed by atoms with van der Waals surface area (Å²) in [5, 5.41) is 0. The van der Waals surface area contributed by atoms with E-state index in [0.29, 0.717) is 43.2 Å². The first-order valence-electron chi connectivity index (χ1n) is 10.5. The van der Waals surface area contributed by atoms with E-state index in [-0.39, 0.29) is 17.2 Å². The molecule has 6 nitrogen and oxygen atoms in total. The molecule has 3 aromatic carbocycles. The first-order chi connectivity index (χ1) is 16.0. The standard InChI is InChI=1S/C25H22F2N2O4/c26-25(27)33-22-9-5-4-8-21(22)24(31)29-16-14-28(15-17-29)23(30)18-10-12-20(13-11-18)32-19-6-2-1-3-7-19/h1-13,25H,14-17H2. The SMILES string of the molecule is O=C(c1ccc(Oc2ccccc2)cc1)N1CCN(C(=O)c2ccccc2OC(F)F)CC1. The molecule has 1 saturated heterocycles. The van der Waals surface area contributed by atoms with Crippen molar-refractivity contribution in [3.8, 4) is 17.2 Å². The van der Waals surface area contributed by atoms with Crippen LogP contribution in [0.15, 0.2) is 78.9 Å². The van der Waals surface area contributed by atoms with E-state index in [0.717, 1.165) is 0 Å². The highest BCUT2D eigenvalue weighted by molar-refractivity contribution is 5.97. The van der Waals surface area contributed by atoms with Crippen molar-refractivity contribution in [2.75, 3.05) is 26.2 Å². The van der Waals surface area contributed by atoms with E-state index < -0.39 is 12.5 Å². The molecule has 0 aromatic heterocycles. The molecule has 8 heteroatoms. The van der Waals surface area contributed by atoms with Crippen molar-refractivity contribution >= 4 is 11.8 Å². The lowest BCUT2D eigenvalue weighted by molar-refractivity contribution is -0.0503. The number of hydrogen-bond donors (Lipinski definition) is 0. The summed E-state index contributed by atoms with van der Waals surface area (Å²) in [6, 6.07) is 22.1. The molecule has 0 N–H and O–H groups in total. The predicted molar refractivity (Wildman–Crippen MR) is 118 cm³/mol. The molecule has 1 aliphatic heterocycles. The highest BCUT2D eigenvalue weighted by Gasteiger charge is 2.27. The fourth-order valence-corrected chi connectivity index (χ4v) is 3.60. The molecule has 0 bridgehead atoms. The van der Waals surface area contributed by atoms with Crippen LogP contribution in [-0.2, 0) is 0 Å². The van der Waals surface area contributed by atoms with Gasteiger partial charge in [0.1, 0.15) is 17.2 Å². The van der Waals surface area contributed by atoms with Gasteiger partial charge in [-0.1, -0.05) is 30.3 Å². The number of amides is 2. The minimum absolute atomic E-state index is 0.0755. The highest BCUT2D eigenvalue weighted by atomic mass is 19.3. The molecule has 1 fully saturated rings. The number of benzene rings is 3. The van der Waals surface area contributed by atoms with Crippen molar-refractivity contribution in [1.29, 1.82) is 0 Å². The molecule has 0 unspecified atom stereocenters. The number of nitrogens with zero attached hydrogens (tertiary/aromatic N) is 2. The average Bonchev–Trinajstić information content (AvgIpc) is 2.84. The van der Waals surface area contributed by atoms with E-state index in [2.05, 4.69) is 4.74 Å². The van der Waals surface area contributed by atoms with Gasteiger partial charge < -0.3 is 19.3 Å². The summed E-state index contributed by atoms with van der Waals surface area (Å²) >= 11 is 0. The van der Waals surface area contributed by atoms with Crippen LogP contribution >= 0.6 is 0 Å². The summed E-state index contributed by atoms with van der Waals surface area (Å²) in [5.41, 5.74) is 0.595. The van der Waals surface area contributed by atoms with Crippen molar-refractivity contribution < 1.29 is 27.8 Å². The monoisotopic (exact) mass is 452 g/mol. The predicted octanol–water partition coefficient (Wildman–Crippen LogP) is 4.68. The van der Waals surface area contributed by atoms with E-state index in [1.807, 2.05) is 30.3 Å². The number of halogens is 2. The van der Waals surface area contributed by atoms with E-state index in [9.17, 15) is 18.4 Å². The van der Waals surface area contributed by atoms with Crippen LogP contribution in [0.1, 0.15) is 20.7 Å². The van der Waals surface area contributed by atoms with Crippen LogP contribution in [0.3, 0.4) is 0 Å². The molecular weight excluding hydrogens is 430 g/mol. The van der Waals surface area contributed by atoms with Crippen LogP contribution in [0.25, 0.3) is 0 Å². The zero-order chi connectivity index (χ0) is 23.2. The molecule has 3 aromatic rings. The van der Waals surface area contributed by atoms with Gasteiger partial charge in [0.2, 0.25) is 0 Å². The Labute approximate surface area is 189 Å². The molecule has 1 aliphatic rings. The zero-order valence-corrected chi connectivity index (χ0v) is 17.7. The average molecular weight is 452 g/mol. The summed E-state index contributed by atoms with van der Waals surface area (Å²) in [5.74, 6) is 0.625. The second kappa shape index (κ2) is 10.1. The molecule has 0 radical (unpaired) electrons. The van der Waals surface area contributed by atoms with Crippen LogP contribution in [0.2, 0.25) is 0 Å². The lowest BCUT2D eigenvalue weighted by Gasteiger charge is -2.35. The topological polar surface area (TPSA) is 59.1 Å². The van der Waals surface area contributed by atoms with Gasteiger partial charge in [0.05, 0.1) is 5.56 Å². The summed E-state index contributed by atoms with van der Waals surface area (Å²) in [4.78, 5) is 28.9. The van der Waals surface area contributed by atoms with E-state index in [1.54, 1.807) is 35.2 Å². The summed E-state index contributed by atoms with van der Waals surface area (Å²) in [7, 11) is 0. The summed E-state index contributed by atoms with van der Waals surface area (Å²) in [6.07, 6.45) is 0. The van der Waals surface area contributed by atoms with Gasteiger partial charge in [0.15, 0.2) is 0 Å². The third kappa shape index (κ3) is 5.46. The van der Waals surface area contributed by atoms with Gasteiger partial charge in [-0.15, -0.1) is 0 Å². The highest BCUT2D eigenvalue weighted by Crippen LogP contribution is 2.24. The van der Waals surface area contributed by atoms with Gasteiger partial charge >= 0.3 is 6.61 Å². The van der Waals surface area contributed by atoms with Crippen LogP contribution < -0.4 is 9.47 Å². The maximum absolute atomic E-state index is 12.9. The molecule has 170 valence electrons. The molecule has 4 rings (SSSR count). The molecule has 2 amide bonds. The smallest absolute Gasteiger partial charge is 0.387 e. The lowest BCUT2D eigenvalue weighted by Crippen LogP contribution is -2.50. The fourth-order valence-electron chi connectivity index (χ4n) is 3.60. The Morgan fingerprint density at radius 3 is 1.88 bits per heavy atom. The number of ether oxygens (including phenoxy) is 2. The van der Waals surface area contributed by atoms with Crippen LogP contribution in [0, 0.1) is 0 Å². The zero-order valence-electron chi connectivity index (χ0n) is 17.7. The maximum Gasteiger partial charge on any atom is 0.387 e.